The Balaban J connectivity index is 2.09. The number of allylic oxidation sites excluding steroid dienone is 1. The molecule has 0 unspecified atom stereocenters. The minimum absolute atomic E-state index is 0.0910. The van der Waals surface area contributed by atoms with Crippen molar-refractivity contribution in [2.75, 3.05) is 0 Å². The molecule has 2 aromatic heterocycles. The zero-order valence-electron chi connectivity index (χ0n) is 14.2. The highest BCUT2D eigenvalue weighted by molar-refractivity contribution is 6.09. The molecule has 0 radical (unpaired) electrons. The number of rotatable bonds is 3. The molecule has 4 aromatic rings. The largest absolute Gasteiger partial charge is 0.404 e. The highest BCUT2D eigenvalue weighted by Crippen LogP contribution is 2.23. The molecule has 0 saturated carbocycles. The molecule has 0 aliphatic heterocycles. The highest BCUT2D eigenvalue weighted by Gasteiger charge is 2.13. The first kappa shape index (κ1) is 15.8. The molecule has 2 aromatic carbocycles. The number of nitrogens with zero attached hydrogens (tertiary/aromatic N) is 3. The van der Waals surface area contributed by atoms with Gasteiger partial charge in [0.15, 0.2) is 0 Å². The van der Waals surface area contributed by atoms with E-state index >= 15 is 0 Å². The van der Waals surface area contributed by atoms with Crippen LogP contribution in [0.5, 0.6) is 0 Å². The zero-order valence-corrected chi connectivity index (χ0v) is 14.2. The third kappa shape index (κ3) is 2.31. The summed E-state index contributed by atoms with van der Waals surface area (Å²) in [4.78, 5) is 12.7. The van der Waals surface area contributed by atoms with E-state index in [1.165, 1.54) is 12.4 Å². The van der Waals surface area contributed by atoms with Gasteiger partial charge in [-0.3, -0.25) is 9.36 Å². The number of hydrogen-bond donors (Lipinski definition) is 2. The number of nitrogens with two attached hydrogens (primary N) is 1. The predicted molar refractivity (Wildman–Crippen MR) is 104 cm³/mol. The van der Waals surface area contributed by atoms with Crippen LogP contribution in [0.15, 0.2) is 65.6 Å². The summed E-state index contributed by atoms with van der Waals surface area (Å²) in [5.74, 6) is 0. The summed E-state index contributed by atoms with van der Waals surface area (Å²) in [5.41, 5.74) is 10.0. The fraction of sp³-hybridized carbons (Fsp3) is 0.0500. The molecule has 0 atom stereocenters. The Morgan fingerprint density at radius 2 is 1.92 bits per heavy atom. The van der Waals surface area contributed by atoms with Crippen molar-refractivity contribution in [1.82, 2.24) is 14.2 Å². The molecule has 26 heavy (non-hydrogen) atoms. The molecular weight excluding hydrogens is 326 g/mol. The number of hydrogen-bond acceptors (Lipinski definition) is 4. The van der Waals surface area contributed by atoms with Gasteiger partial charge in [0.1, 0.15) is 5.65 Å². The van der Waals surface area contributed by atoms with Gasteiger partial charge in [0.05, 0.1) is 16.6 Å². The van der Waals surface area contributed by atoms with Crippen LogP contribution in [0.4, 0.5) is 0 Å². The average Bonchev–Trinajstić information content (AvgIpc) is 3.13. The second-order valence-corrected chi connectivity index (χ2v) is 6.03. The Morgan fingerprint density at radius 3 is 2.62 bits per heavy atom. The second-order valence-electron chi connectivity index (χ2n) is 6.03. The maximum absolute atomic E-state index is 12.7. The van der Waals surface area contributed by atoms with Gasteiger partial charge >= 0.3 is 0 Å². The molecule has 0 aliphatic rings. The summed E-state index contributed by atoms with van der Waals surface area (Å²) in [6.45, 7) is 0. The van der Waals surface area contributed by atoms with E-state index in [4.69, 9.17) is 16.2 Å². The molecule has 0 spiro atoms. The average molecular weight is 343 g/mol. The van der Waals surface area contributed by atoms with Crippen molar-refractivity contribution in [3.63, 3.8) is 0 Å². The van der Waals surface area contributed by atoms with Gasteiger partial charge in [-0.1, -0.05) is 36.4 Å². The number of aryl methyl sites for hydroxylation is 1. The zero-order chi connectivity index (χ0) is 18.3. The minimum Gasteiger partial charge on any atom is -0.404 e. The van der Waals surface area contributed by atoms with Gasteiger partial charge in [-0.05, 0) is 17.7 Å². The molecule has 0 saturated heterocycles. The molecule has 0 bridgehead atoms. The molecule has 3 N–H and O–H groups in total. The predicted octanol–water partition coefficient (Wildman–Crippen LogP) is 2.80. The molecular formula is C20H17N5O. The van der Waals surface area contributed by atoms with E-state index in [2.05, 4.69) is 0 Å². The first-order valence-electron chi connectivity index (χ1n) is 8.14. The number of nitrogens with one attached hydrogen (secondary N) is 1. The van der Waals surface area contributed by atoms with Gasteiger partial charge in [-0.25, -0.2) is 4.52 Å². The maximum Gasteiger partial charge on any atom is 0.261 e. The third-order valence-electron chi connectivity index (χ3n) is 4.53. The van der Waals surface area contributed by atoms with E-state index < -0.39 is 0 Å². The smallest absolute Gasteiger partial charge is 0.261 e. The SMILES string of the molecule is Cn1c(=O)c2ccc(/C(C=N)=C/N)cc2n2nc(-c3ccccc3)cc12. The Morgan fingerprint density at radius 1 is 1.15 bits per heavy atom. The van der Waals surface area contributed by atoms with E-state index in [0.717, 1.165) is 16.8 Å². The normalized spacial score (nSPS) is 12.0. The van der Waals surface area contributed by atoms with E-state index in [1.807, 2.05) is 42.5 Å². The summed E-state index contributed by atoms with van der Waals surface area (Å²) in [6, 6.07) is 17.1. The quantitative estimate of drug-likeness (QED) is 0.561. The Bertz CT molecular complexity index is 1230. The van der Waals surface area contributed by atoms with Gasteiger partial charge in [0.2, 0.25) is 0 Å². The first-order valence-corrected chi connectivity index (χ1v) is 8.14. The maximum atomic E-state index is 12.7. The summed E-state index contributed by atoms with van der Waals surface area (Å²) in [5, 5.41) is 12.8. The molecule has 6 heteroatoms. The molecule has 4 rings (SSSR count). The highest BCUT2D eigenvalue weighted by atomic mass is 16.1. The molecule has 6 nitrogen and oxygen atoms in total. The van der Waals surface area contributed by atoms with Crippen molar-refractivity contribution >= 4 is 28.3 Å². The lowest BCUT2D eigenvalue weighted by atomic mass is 10.1. The van der Waals surface area contributed by atoms with Gasteiger partial charge in [-0.2, -0.15) is 5.10 Å². The van der Waals surface area contributed by atoms with Crippen molar-refractivity contribution in [1.29, 1.82) is 5.41 Å². The molecule has 0 fully saturated rings. The van der Waals surface area contributed by atoms with Crippen LogP contribution >= 0.6 is 0 Å². The van der Waals surface area contributed by atoms with Crippen molar-refractivity contribution in [2.45, 2.75) is 0 Å². The molecule has 0 aliphatic carbocycles. The summed E-state index contributed by atoms with van der Waals surface area (Å²) in [7, 11) is 1.74. The topological polar surface area (TPSA) is 89.2 Å². The lowest BCUT2D eigenvalue weighted by Crippen LogP contribution is -2.19. The minimum atomic E-state index is -0.0910. The number of aromatic nitrogens is 3. The van der Waals surface area contributed by atoms with Gasteiger partial charge in [0.25, 0.3) is 5.56 Å². The van der Waals surface area contributed by atoms with E-state index in [0.29, 0.717) is 22.1 Å². The van der Waals surface area contributed by atoms with Crippen LogP contribution in [0.25, 0.3) is 33.4 Å². The van der Waals surface area contributed by atoms with Gasteiger partial charge in [-0.15, -0.1) is 0 Å². The fourth-order valence-electron chi connectivity index (χ4n) is 3.12. The van der Waals surface area contributed by atoms with Crippen LogP contribution in [0, 0.1) is 5.41 Å². The molecule has 2 heterocycles. The van der Waals surface area contributed by atoms with Crippen LogP contribution in [-0.4, -0.2) is 20.4 Å². The summed E-state index contributed by atoms with van der Waals surface area (Å²) in [6.07, 6.45) is 2.57. The van der Waals surface area contributed by atoms with Crippen molar-refractivity contribution in [3.05, 3.63) is 76.7 Å². The number of fused-ring (bicyclic) bond motifs is 3. The van der Waals surface area contributed by atoms with Crippen LogP contribution in [0.3, 0.4) is 0 Å². The third-order valence-corrected chi connectivity index (χ3v) is 4.53. The van der Waals surface area contributed by atoms with Crippen LogP contribution in [0.1, 0.15) is 5.56 Å². The lowest BCUT2D eigenvalue weighted by Gasteiger charge is -2.08. The summed E-state index contributed by atoms with van der Waals surface area (Å²) < 4.78 is 3.36. The molecule has 0 amide bonds. The van der Waals surface area contributed by atoms with Gasteiger partial charge in [0, 0.05) is 36.7 Å². The second kappa shape index (κ2) is 6.00. The monoisotopic (exact) mass is 343 g/mol. The number of benzene rings is 2. The molecule has 128 valence electrons. The van der Waals surface area contributed by atoms with E-state index in [9.17, 15) is 4.79 Å². The Labute approximate surface area is 149 Å². The standard InChI is InChI=1S/C20H17N5O/c1-24-19-10-17(13-5-3-2-4-6-13)23-25(19)18-9-14(15(11-21)12-22)7-8-16(18)20(24)26/h2-12,21H,22H2,1H3/b15-12+,21-11?. The lowest BCUT2D eigenvalue weighted by molar-refractivity contribution is 0.850. The Kier molecular flexibility index (Phi) is 3.65. The first-order chi connectivity index (χ1) is 12.6. The summed E-state index contributed by atoms with van der Waals surface area (Å²) >= 11 is 0. The Hall–Kier alpha value is -3.67. The van der Waals surface area contributed by atoms with E-state index in [-0.39, 0.29) is 5.56 Å². The van der Waals surface area contributed by atoms with Crippen LogP contribution in [0.2, 0.25) is 0 Å². The van der Waals surface area contributed by atoms with Crippen LogP contribution < -0.4 is 11.3 Å². The van der Waals surface area contributed by atoms with Crippen molar-refractivity contribution < 1.29 is 0 Å². The van der Waals surface area contributed by atoms with Crippen molar-refractivity contribution in [3.8, 4) is 11.3 Å². The van der Waals surface area contributed by atoms with Gasteiger partial charge < -0.3 is 11.1 Å². The fourth-order valence-corrected chi connectivity index (χ4v) is 3.12. The van der Waals surface area contributed by atoms with Crippen molar-refractivity contribution in [2.24, 2.45) is 12.8 Å². The van der Waals surface area contributed by atoms with Crippen LogP contribution in [-0.2, 0) is 7.05 Å². The van der Waals surface area contributed by atoms with E-state index in [1.54, 1.807) is 28.3 Å².